The molecule has 0 aliphatic heterocycles. The largest absolute Gasteiger partial charge is 0.573 e. The van der Waals surface area contributed by atoms with E-state index in [2.05, 4.69) is 10.8 Å². The van der Waals surface area contributed by atoms with Gasteiger partial charge in [0.15, 0.2) is 11.6 Å². The zero-order valence-electron chi connectivity index (χ0n) is 15.8. The second-order valence-corrected chi connectivity index (χ2v) is 8.89. The van der Waals surface area contributed by atoms with Crippen molar-refractivity contribution in [2.24, 2.45) is 5.92 Å². The van der Waals surface area contributed by atoms with E-state index >= 15 is 4.39 Å². The molecule has 1 fully saturated rings. The van der Waals surface area contributed by atoms with Crippen LogP contribution in [0.1, 0.15) is 37.7 Å². The number of rotatable bonds is 4. The first-order chi connectivity index (χ1) is 14.3. The summed E-state index contributed by atoms with van der Waals surface area (Å²) < 4.78 is 71.4. The lowest BCUT2D eigenvalue weighted by Gasteiger charge is -2.15. The van der Waals surface area contributed by atoms with Crippen molar-refractivity contribution in [1.29, 1.82) is 0 Å². The van der Waals surface area contributed by atoms with Gasteiger partial charge >= 0.3 is 6.36 Å². The minimum atomic E-state index is -5.00. The Morgan fingerprint density at radius 1 is 0.900 bits per heavy atom. The maximum absolute atomic E-state index is 15.3. The third-order valence-corrected chi connectivity index (χ3v) is 6.91. The molecule has 30 heavy (non-hydrogen) atoms. The maximum atomic E-state index is 15.3. The molecule has 0 N–H and O–H groups in total. The van der Waals surface area contributed by atoms with Crippen molar-refractivity contribution in [3.05, 3.63) is 59.2 Å². The van der Waals surface area contributed by atoms with Crippen LogP contribution in [0.3, 0.4) is 0 Å². The quantitative estimate of drug-likeness (QED) is 0.375. The van der Waals surface area contributed by atoms with Crippen LogP contribution in [0.5, 0.6) is 5.75 Å². The zero-order chi connectivity index (χ0) is 21.0. The fourth-order valence-corrected chi connectivity index (χ4v) is 5.21. The summed E-state index contributed by atoms with van der Waals surface area (Å²) in [6, 6.07) is 5.65. The molecule has 3 aromatic rings. The van der Waals surface area contributed by atoms with E-state index in [1.54, 1.807) is 12.1 Å². The number of thiophene rings is 1. The molecule has 7 heteroatoms. The molecule has 0 radical (unpaired) electrons. The van der Waals surface area contributed by atoms with Crippen molar-refractivity contribution in [2.45, 2.75) is 38.5 Å². The van der Waals surface area contributed by atoms with Crippen LogP contribution in [-0.4, -0.2) is 6.36 Å². The summed E-state index contributed by atoms with van der Waals surface area (Å²) in [5.41, 5.74) is 2.74. The maximum Gasteiger partial charge on any atom is 0.573 e. The third kappa shape index (κ3) is 3.60. The second-order valence-electron chi connectivity index (χ2n) is 7.87. The van der Waals surface area contributed by atoms with E-state index in [0.717, 1.165) is 48.2 Å². The van der Waals surface area contributed by atoms with Crippen molar-refractivity contribution in [2.75, 3.05) is 0 Å². The van der Waals surface area contributed by atoms with Crippen LogP contribution in [0.25, 0.3) is 25.7 Å². The molecule has 0 saturated heterocycles. The van der Waals surface area contributed by atoms with Gasteiger partial charge in [0.05, 0.1) is 9.40 Å². The third-order valence-electron chi connectivity index (χ3n) is 5.71. The van der Waals surface area contributed by atoms with Crippen LogP contribution < -0.4 is 4.74 Å². The van der Waals surface area contributed by atoms with Crippen molar-refractivity contribution in [3.8, 4) is 5.75 Å². The van der Waals surface area contributed by atoms with Gasteiger partial charge < -0.3 is 4.74 Å². The number of fused-ring (bicyclic) bond motifs is 3. The molecule has 156 valence electrons. The second kappa shape index (κ2) is 7.08. The van der Waals surface area contributed by atoms with E-state index in [1.165, 1.54) is 24.5 Å². The molecular weight excluding hydrogens is 419 g/mol. The van der Waals surface area contributed by atoms with Gasteiger partial charge in [0.25, 0.3) is 0 Å². The molecule has 0 bridgehead atoms. The van der Waals surface area contributed by atoms with E-state index in [4.69, 9.17) is 0 Å². The van der Waals surface area contributed by atoms with Crippen molar-refractivity contribution >= 4 is 37.1 Å². The number of benzene rings is 2. The lowest BCUT2D eigenvalue weighted by molar-refractivity contribution is -0.275. The molecule has 2 aromatic carbocycles. The van der Waals surface area contributed by atoms with Gasteiger partial charge in [0.2, 0.25) is 0 Å². The van der Waals surface area contributed by atoms with Gasteiger partial charge in [-0.1, -0.05) is 29.9 Å². The van der Waals surface area contributed by atoms with Crippen LogP contribution in [0.15, 0.2) is 42.0 Å². The Morgan fingerprint density at radius 2 is 1.60 bits per heavy atom. The lowest BCUT2D eigenvalue weighted by atomic mass is 9.90. The number of hydrogen-bond donors (Lipinski definition) is 0. The van der Waals surface area contributed by atoms with E-state index in [0.29, 0.717) is 16.3 Å². The van der Waals surface area contributed by atoms with E-state index < -0.39 is 23.7 Å². The van der Waals surface area contributed by atoms with Crippen LogP contribution in [0, 0.1) is 17.6 Å². The van der Waals surface area contributed by atoms with E-state index in [1.807, 2.05) is 6.08 Å². The molecule has 2 aliphatic rings. The molecule has 0 atom stereocenters. The number of allylic oxidation sites excluding steroid dienone is 4. The van der Waals surface area contributed by atoms with Crippen molar-refractivity contribution < 1.29 is 26.7 Å². The van der Waals surface area contributed by atoms with Crippen LogP contribution in [0.4, 0.5) is 22.0 Å². The number of alkyl halides is 3. The van der Waals surface area contributed by atoms with Crippen molar-refractivity contribution in [3.63, 3.8) is 0 Å². The monoisotopic (exact) mass is 436 g/mol. The Balaban J connectivity index is 1.55. The van der Waals surface area contributed by atoms with Crippen LogP contribution in [-0.2, 0) is 0 Å². The normalized spacial score (nSPS) is 17.4. The summed E-state index contributed by atoms with van der Waals surface area (Å²) >= 11 is 0.810. The highest BCUT2D eigenvalue weighted by molar-refractivity contribution is 7.25. The topological polar surface area (TPSA) is 9.23 Å². The van der Waals surface area contributed by atoms with Crippen LogP contribution >= 0.6 is 11.3 Å². The summed E-state index contributed by atoms with van der Waals surface area (Å²) in [6.07, 6.45) is 4.37. The number of halogens is 5. The van der Waals surface area contributed by atoms with Crippen molar-refractivity contribution in [1.82, 2.24) is 0 Å². The molecule has 0 unspecified atom stereocenters. The van der Waals surface area contributed by atoms with Gasteiger partial charge in [-0.2, -0.15) is 0 Å². The van der Waals surface area contributed by atoms with E-state index in [-0.39, 0.29) is 9.40 Å². The molecule has 0 spiro atoms. The molecular formula is C23H17F5OS. The highest BCUT2D eigenvalue weighted by Gasteiger charge is 2.33. The SMILES string of the molecule is Fc1c(OC(F)(F)F)ccc2c1sc1c(F)c(C3=CC=C(CC4CC4)CC3)ccc12. The summed E-state index contributed by atoms with van der Waals surface area (Å²) in [7, 11) is 0. The average Bonchev–Trinajstić information content (AvgIpc) is 3.42. The van der Waals surface area contributed by atoms with E-state index in [9.17, 15) is 17.6 Å². The Labute approximate surface area is 173 Å². The van der Waals surface area contributed by atoms with Gasteiger partial charge in [-0.05, 0) is 55.7 Å². The fourth-order valence-electron chi connectivity index (χ4n) is 4.04. The summed E-state index contributed by atoms with van der Waals surface area (Å²) in [5.74, 6) is -1.70. The van der Waals surface area contributed by atoms with Gasteiger partial charge in [-0.3, -0.25) is 0 Å². The van der Waals surface area contributed by atoms with Gasteiger partial charge in [0, 0.05) is 16.3 Å². The molecule has 2 aliphatic carbocycles. The first kappa shape index (κ1) is 19.5. The molecule has 1 saturated carbocycles. The molecule has 5 rings (SSSR count). The van der Waals surface area contributed by atoms with Gasteiger partial charge in [0.1, 0.15) is 5.82 Å². The predicted molar refractivity (Wildman–Crippen MR) is 109 cm³/mol. The summed E-state index contributed by atoms with van der Waals surface area (Å²) in [5, 5.41) is 0.854. The molecule has 1 heterocycles. The fraction of sp³-hybridized carbons (Fsp3) is 0.304. The van der Waals surface area contributed by atoms with Gasteiger partial charge in [-0.15, -0.1) is 24.5 Å². The highest BCUT2D eigenvalue weighted by atomic mass is 32.1. The minimum Gasteiger partial charge on any atom is -0.403 e. The zero-order valence-corrected chi connectivity index (χ0v) is 16.6. The average molecular weight is 436 g/mol. The Morgan fingerprint density at radius 3 is 2.23 bits per heavy atom. The molecule has 1 nitrogen and oxygen atoms in total. The number of ether oxygens (including phenoxy) is 1. The Kier molecular flexibility index (Phi) is 4.61. The Bertz CT molecular complexity index is 1210. The standard InChI is InChI=1S/C23H17F5OS/c24-19-15(14-5-3-13(4-6-14)11-12-1-2-12)7-8-16-17-9-10-18(29-23(26,27)28)20(25)22(17)30-21(16)19/h3,5,7-10,12H,1-2,4,6,11H2. The Hall–Kier alpha value is -2.41. The minimum absolute atomic E-state index is 0.0490. The first-order valence-corrected chi connectivity index (χ1v) is 10.6. The van der Waals surface area contributed by atoms with Gasteiger partial charge in [-0.25, -0.2) is 8.78 Å². The van der Waals surface area contributed by atoms with Crippen LogP contribution in [0.2, 0.25) is 0 Å². The summed E-state index contributed by atoms with van der Waals surface area (Å²) in [6.45, 7) is 0. The lowest BCUT2D eigenvalue weighted by Crippen LogP contribution is -2.17. The predicted octanol–water partition coefficient (Wildman–Crippen LogP) is 8.14. The summed E-state index contributed by atoms with van der Waals surface area (Å²) in [4.78, 5) is 0. The highest BCUT2D eigenvalue weighted by Crippen LogP contribution is 2.43. The number of hydrogen-bond acceptors (Lipinski definition) is 2. The first-order valence-electron chi connectivity index (χ1n) is 9.78. The smallest absolute Gasteiger partial charge is 0.403 e. The molecule has 1 aromatic heterocycles. The molecule has 0 amide bonds.